The molecule has 2 amide bonds. The number of carbonyl (C=O) groups is 2. The fourth-order valence-electron chi connectivity index (χ4n) is 3.58. The van der Waals surface area contributed by atoms with Gasteiger partial charge in [0.25, 0.3) is 5.91 Å². The lowest BCUT2D eigenvalue weighted by atomic mass is 10.1. The number of carbonyl (C=O) groups excluding carboxylic acids is 1. The quantitative estimate of drug-likeness (QED) is 0.515. The molecule has 0 aliphatic heterocycles. The molecule has 166 valence electrons. The Morgan fingerprint density at radius 1 is 1.31 bits per heavy atom. The maximum Gasteiger partial charge on any atom is 0.413 e. The van der Waals surface area contributed by atoms with Gasteiger partial charge in [-0.15, -0.1) is 0 Å². The molecule has 0 unspecified atom stereocenters. The second kappa shape index (κ2) is 8.45. The van der Waals surface area contributed by atoms with Crippen LogP contribution in [0.1, 0.15) is 62.3 Å². The molecule has 0 spiro atoms. The summed E-state index contributed by atoms with van der Waals surface area (Å²) in [6.45, 7) is 9.52. The lowest BCUT2D eigenvalue weighted by Gasteiger charge is -2.21. The fourth-order valence-corrected chi connectivity index (χ4v) is 3.58. The highest BCUT2D eigenvalue weighted by molar-refractivity contribution is 6.02. The highest BCUT2D eigenvalue weighted by atomic mass is 16.4. The molecular formula is C24H27N5O3. The van der Waals surface area contributed by atoms with E-state index in [0.717, 1.165) is 29.7 Å². The second-order valence-corrected chi connectivity index (χ2v) is 8.61. The van der Waals surface area contributed by atoms with Gasteiger partial charge in [0.2, 0.25) is 0 Å². The van der Waals surface area contributed by atoms with Crippen molar-refractivity contribution < 1.29 is 14.7 Å². The second-order valence-electron chi connectivity index (χ2n) is 8.61. The van der Waals surface area contributed by atoms with E-state index < -0.39 is 6.09 Å². The van der Waals surface area contributed by atoms with Gasteiger partial charge in [-0.05, 0) is 43.4 Å². The van der Waals surface area contributed by atoms with E-state index in [1.807, 2.05) is 12.1 Å². The Bertz CT molecular complexity index is 1210. The number of aromatic nitrogens is 3. The van der Waals surface area contributed by atoms with Crippen molar-refractivity contribution in [2.45, 2.75) is 52.0 Å². The van der Waals surface area contributed by atoms with Gasteiger partial charge in [-0.3, -0.25) is 9.69 Å². The first-order chi connectivity index (χ1) is 15.2. The maximum atomic E-state index is 12.3. The highest BCUT2D eigenvalue weighted by Crippen LogP contribution is 2.41. The van der Waals surface area contributed by atoms with E-state index in [9.17, 15) is 14.7 Å². The Balaban J connectivity index is 1.73. The first-order valence-corrected chi connectivity index (χ1v) is 10.7. The van der Waals surface area contributed by atoms with Gasteiger partial charge < -0.3 is 10.4 Å². The van der Waals surface area contributed by atoms with E-state index in [1.54, 1.807) is 35.8 Å². The number of nitrogens with one attached hydrogen (secondary N) is 1. The van der Waals surface area contributed by atoms with Gasteiger partial charge in [-0.2, -0.15) is 9.61 Å². The topological polar surface area (TPSA) is 99.8 Å². The standard InChI is InChI=1S/C24H27N5O3/c1-14(2)19-12-25-29-21(11-20(17-8-9-17)27-22(19)29)28(24(31)32)13-16-6-5-7-18(10-16)26-23(30)15(3)4/h5-7,10-12,14,17H,3,8-9,13H2,1-2,4H3,(H,26,30)(H,31,32). The number of carboxylic acid groups (broad SMARTS) is 1. The van der Waals surface area contributed by atoms with Gasteiger partial charge in [0.05, 0.1) is 12.7 Å². The summed E-state index contributed by atoms with van der Waals surface area (Å²) in [5.74, 6) is 0.770. The summed E-state index contributed by atoms with van der Waals surface area (Å²) < 4.78 is 1.61. The number of nitrogens with zero attached hydrogens (tertiary/aromatic N) is 4. The normalized spacial score (nSPS) is 13.4. The van der Waals surface area contributed by atoms with Crippen LogP contribution < -0.4 is 10.2 Å². The average Bonchev–Trinajstić information content (AvgIpc) is 3.50. The molecule has 1 aliphatic rings. The van der Waals surface area contributed by atoms with Crippen LogP contribution in [0.5, 0.6) is 0 Å². The number of anilines is 2. The number of hydrogen-bond donors (Lipinski definition) is 2. The van der Waals surface area contributed by atoms with E-state index >= 15 is 0 Å². The van der Waals surface area contributed by atoms with Crippen LogP contribution in [-0.4, -0.2) is 31.7 Å². The van der Waals surface area contributed by atoms with Gasteiger partial charge in [-0.25, -0.2) is 9.78 Å². The van der Waals surface area contributed by atoms with Crippen molar-refractivity contribution in [1.82, 2.24) is 14.6 Å². The van der Waals surface area contributed by atoms with Gasteiger partial charge in [0.1, 0.15) is 5.82 Å². The van der Waals surface area contributed by atoms with Crippen LogP contribution in [0.15, 0.2) is 48.7 Å². The third kappa shape index (κ3) is 4.34. The van der Waals surface area contributed by atoms with Crippen molar-refractivity contribution in [2.24, 2.45) is 0 Å². The van der Waals surface area contributed by atoms with Crippen molar-refractivity contribution in [2.75, 3.05) is 10.2 Å². The molecule has 1 aromatic carbocycles. The number of rotatable bonds is 7. The summed E-state index contributed by atoms with van der Waals surface area (Å²) in [7, 11) is 0. The van der Waals surface area contributed by atoms with Gasteiger partial charge in [-0.1, -0.05) is 32.6 Å². The average molecular weight is 434 g/mol. The molecule has 0 radical (unpaired) electrons. The third-order valence-corrected chi connectivity index (χ3v) is 5.54. The number of fused-ring (bicyclic) bond motifs is 1. The van der Waals surface area contributed by atoms with Crippen LogP contribution in [0.2, 0.25) is 0 Å². The summed E-state index contributed by atoms with van der Waals surface area (Å²) in [6.07, 6.45) is 2.80. The van der Waals surface area contributed by atoms with Crippen LogP contribution in [0.3, 0.4) is 0 Å². The molecule has 3 aromatic rings. The van der Waals surface area contributed by atoms with Crippen LogP contribution in [0, 0.1) is 0 Å². The largest absolute Gasteiger partial charge is 0.465 e. The summed E-state index contributed by atoms with van der Waals surface area (Å²) in [4.78, 5) is 30.4. The lowest BCUT2D eigenvalue weighted by Crippen LogP contribution is -2.31. The molecule has 1 saturated carbocycles. The fraction of sp³-hybridized carbons (Fsp3) is 0.333. The Kier molecular flexibility index (Phi) is 5.69. The Morgan fingerprint density at radius 3 is 2.69 bits per heavy atom. The molecule has 0 bridgehead atoms. The third-order valence-electron chi connectivity index (χ3n) is 5.54. The minimum atomic E-state index is -1.09. The predicted molar refractivity (Wildman–Crippen MR) is 123 cm³/mol. The monoisotopic (exact) mass is 433 g/mol. The van der Waals surface area contributed by atoms with Gasteiger partial charge >= 0.3 is 6.09 Å². The minimum absolute atomic E-state index is 0.103. The zero-order valence-electron chi connectivity index (χ0n) is 18.5. The molecule has 4 rings (SSSR count). The molecule has 32 heavy (non-hydrogen) atoms. The summed E-state index contributed by atoms with van der Waals surface area (Å²) in [6, 6.07) is 8.97. The number of benzene rings is 1. The first kappa shape index (κ1) is 21.5. The van der Waals surface area contributed by atoms with E-state index in [2.05, 4.69) is 30.8 Å². The predicted octanol–water partition coefficient (Wildman–Crippen LogP) is 4.93. The smallest absolute Gasteiger partial charge is 0.413 e. The Labute approximate surface area is 186 Å². The molecule has 8 nitrogen and oxygen atoms in total. The molecule has 0 saturated heterocycles. The SMILES string of the molecule is C=C(C)C(=O)Nc1cccc(CN(C(=O)O)c2cc(C3CC3)nc3c(C(C)C)cnn23)c1. The molecule has 8 heteroatoms. The van der Waals surface area contributed by atoms with Gasteiger partial charge in [0.15, 0.2) is 5.65 Å². The summed E-state index contributed by atoms with van der Waals surface area (Å²) >= 11 is 0. The van der Waals surface area contributed by atoms with Crippen molar-refractivity contribution in [3.05, 3.63) is 65.5 Å². The van der Waals surface area contributed by atoms with Crippen LogP contribution in [0.4, 0.5) is 16.3 Å². The number of hydrogen-bond acceptors (Lipinski definition) is 4. The highest BCUT2D eigenvalue weighted by Gasteiger charge is 2.29. The molecule has 0 atom stereocenters. The number of amides is 2. The van der Waals surface area contributed by atoms with E-state index in [-0.39, 0.29) is 18.4 Å². The van der Waals surface area contributed by atoms with Crippen molar-refractivity contribution in [1.29, 1.82) is 0 Å². The van der Waals surface area contributed by atoms with Crippen molar-refractivity contribution in [3.63, 3.8) is 0 Å². The molecule has 1 fully saturated rings. The Hall–Kier alpha value is -3.68. The molecule has 2 N–H and O–H groups in total. The van der Waals surface area contributed by atoms with Crippen LogP contribution in [0.25, 0.3) is 5.65 Å². The summed E-state index contributed by atoms with van der Waals surface area (Å²) in [5, 5.41) is 17.3. The Morgan fingerprint density at radius 2 is 2.06 bits per heavy atom. The van der Waals surface area contributed by atoms with E-state index in [4.69, 9.17) is 4.98 Å². The molecule has 2 heterocycles. The van der Waals surface area contributed by atoms with E-state index in [1.165, 1.54) is 4.90 Å². The van der Waals surface area contributed by atoms with Gasteiger partial charge in [0, 0.05) is 34.5 Å². The molecule has 1 aliphatic carbocycles. The van der Waals surface area contributed by atoms with Crippen molar-refractivity contribution >= 4 is 29.2 Å². The van der Waals surface area contributed by atoms with Crippen LogP contribution in [-0.2, 0) is 11.3 Å². The maximum absolute atomic E-state index is 12.3. The zero-order valence-corrected chi connectivity index (χ0v) is 18.5. The van der Waals surface area contributed by atoms with Crippen LogP contribution >= 0.6 is 0 Å². The lowest BCUT2D eigenvalue weighted by molar-refractivity contribution is -0.112. The first-order valence-electron chi connectivity index (χ1n) is 10.7. The molecular weight excluding hydrogens is 406 g/mol. The zero-order chi connectivity index (χ0) is 23.0. The van der Waals surface area contributed by atoms with E-state index in [0.29, 0.717) is 28.6 Å². The summed E-state index contributed by atoms with van der Waals surface area (Å²) in [5.41, 5.74) is 4.32. The van der Waals surface area contributed by atoms with Crippen molar-refractivity contribution in [3.8, 4) is 0 Å². The molecule has 2 aromatic heterocycles. The minimum Gasteiger partial charge on any atom is -0.465 e.